The minimum atomic E-state index is -0.0943. The van der Waals surface area contributed by atoms with Gasteiger partial charge in [-0.3, -0.25) is 0 Å². The van der Waals surface area contributed by atoms with Gasteiger partial charge in [0.2, 0.25) is 0 Å². The highest BCUT2D eigenvalue weighted by atomic mass is 15.1. The average molecular weight is 690 g/mol. The lowest BCUT2D eigenvalue weighted by Crippen LogP contribution is -2.15. The van der Waals surface area contributed by atoms with Crippen molar-refractivity contribution in [1.82, 2.24) is 0 Å². The van der Waals surface area contributed by atoms with Gasteiger partial charge in [-0.25, -0.2) is 0 Å². The number of nitrogens with zero attached hydrogens (tertiary/aromatic N) is 1. The van der Waals surface area contributed by atoms with Crippen molar-refractivity contribution in [3.8, 4) is 44.5 Å². The van der Waals surface area contributed by atoms with Crippen LogP contribution < -0.4 is 4.90 Å². The van der Waals surface area contributed by atoms with Crippen LogP contribution in [-0.2, 0) is 5.41 Å². The quantitative estimate of drug-likeness (QED) is 0.157. The predicted molar refractivity (Wildman–Crippen MR) is 230 cm³/mol. The zero-order valence-electron chi connectivity index (χ0n) is 30.5. The molecule has 9 aromatic rings. The molecular formula is C53H39N. The van der Waals surface area contributed by atoms with E-state index in [1.807, 2.05) is 0 Å². The van der Waals surface area contributed by atoms with Gasteiger partial charge >= 0.3 is 0 Å². The minimum absolute atomic E-state index is 0.0943. The zero-order chi connectivity index (χ0) is 36.2. The standard InChI is InChI=1S/C53H39N/c1-53(2)48-29-15-13-27-46(48)52-45(28-17-30-49(52)53)44-26-14-16-31-50(44)54(51-34-38-22-9-10-23-40(38)42-24-11-12-25-43(42)51)39-32-33-41(36-18-5-3-6-19-36)47(35-39)37-20-7-4-8-21-37/h3-35H,1-2H3. The van der Waals surface area contributed by atoms with Crippen LogP contribution in [-0.4, -0.2) is 0 Å². The van der Waals surface area contributed by atoms with Crippen molar-refractivity contribution in [3.05, 3.63) is 211 Å². The number of hydrogen-bond donors (Lipinski definition) is 0. The van der Waals surface area contributed by atoms with Gasteiger partial charge in [0, 0.05) is 22.1 Å². The van der Waals surface area contributed by atoms with Crippen LogP contribution in [0.15, 0.2) is 200 Å². The molecule has 256 valence electrons. The Morgan fingerprint density at radius 1 is 0.352 bits per heavy atom. The number of para-hydroxylation sites is 1. The van der Waals surface area contributed by atoms with E-state index in [4.69, 9.17) is 0 Å². The fourth-order valence-corrected chi connectivity index (χ4v) is 8.90. The van der Waals surface area contributed by atoms with Crippen molar-refractivity contribution in [3.63, 3.8) is 0 Å². The Kier molecular flexibility index (Phi) is 7.56. The zero-order valence-corrected chi connectivity index (χ0v) is 30.5. The van der Waals surface area contributed by atoms with Gasteiger partial charge in [0.15, 0.2) is 0 Å². The van der Waals surface area contributed by atoms with Crippen LogP contribution in [0.1, 0.15) is 25.0 Å². The summed E-state index contributed by atoms with van der Waals surface area (Å²) in [6.45, 7) is 4.72. The Hall–Kier alpha value is -6.70. The van der Waals surface area contributed by atoms with Crippen LogP contribution in [0, 0.1) is 0 Å². The maximum atomic E-state index is 2.51. The predicted octanol–water partition coefficient (Wildman–Crippen LogP) is 14.8. The van der Waals surface area contributed by atoms with E-state index in [0.717, 1.165) is 17.1 Å². The number of benzene rings is 9. The van der Waals surface area contributed by atoms with Gasteiger partial charge < -0.3 is 4.90 Å². The van der Waals surface area contributed by atoms with E-state index in [1.165, 1.54) is 77.2 Å². The Balaban J connectivity index is 1.29. The molecular weight excluding hydrogens is 651 g/mol. The molecule has 54 heavy (non-hydrogen) atoms. The maximum absolute atomic E-state index is 2.51. The van der Waals surface area contributed by atoms with Crippen molar-refractivity contribution in [2.45, 2.75) is 19.3 Å². The molecule has 0 radical (unpaired) electrons. The van der Waals surface area contributed by atoms with Crippen LogP contribution in [0.4, 0.5) is 17.1 Å². The normalized spacial score (nSPS) is 12.8. The van der Waals surface area contributed by atoms with E-state index >= 15 is 0 Å². The van der Waals surface area contributed by atoms with Crippen LogP contribution in [0.5, 0.6) is 0 Å². The summed E-state index contributed by atoms with van der Waals surface area (Å²) in [5, 5.41) is 4.93. The molecule has 0 aliphatic heterocycles. The molecule has 0 heterocycles. The van der Waals surface area contributed by atoms with Crippen LogP contribution in [0.2, 0.25) is 0 Å². The lowest BCUT2D eigenvalue weighted by Gasteiger charge is -2.31. The number of fused-ring (bicyclic) bond motifs is 6. The SMILES string of the molecule is CC1(C)c2ccccc2-c2c(-c3ccccc3N(c3ccc(-c4ccccc4)c(-c4ccccc4)c3)c3cc4ccccc4c4ccccc34)cccc21. The number of rotatable bonds is 6. The van der Waals surface area contributed by atoms with E-state index in [0.29, 0.717) is 0 Å². The molecule has 0 aromatic heterocycles. The second kappa shape index (κ2) is 12.8. The Labute approximate surface area is 317 Å². The molecule has 0 unspecified atom stereocenters. The highest BCUT2D eigenvalue weighted by Gasteiger charge is 2.37. The van der Waals surface area contributed by atoms with Gasteiger partial charge in [-0.05, 0) is 90.5 Å². The van der Waals surface area contributed by atoms with Crippen LogP contribution in [0.25, 0.3) is 66.1 Å². The lowest BCUT2D eigenvalue weighted by molar-refractivity contribution is 0.660. The summed E-state index contributed by atoms with van der Waals surface area (Å²) in [5.74, 6) is 0. The van der Waals surface area contributed by atoms with Gasteiger partial charge in [-0.15, -0.1) is 0 Å². The first kappa shape index (κ1) is 32.0. The first-order chi connectivity index (χ1) is 26.6. The Morgan fingerprint density at radius 3 is 1.70 bits per heavy atom. The molecule has 0 atom stereocenters. The van der Waals surface area contributed by atoms with Gasteiger partial charge in [0.05, 0.1) is 11.4 Å². The van der Waals surface area contributed by atoms with E-state index in [1.54, 1.807) is 0 Å². The largest absolute Gasteiger partial charge is 0.309 e. The molecule has 9 aromatic carbocycles. The summed E-state index contributed by atoms with van der Waals surface area (Å²) < 4.78 is 0. The average Bonchev–Trinajstić information content (AvgIpc) is 3.48. The monoisotopic (exact) mass is 689 g/mol. The molecule has 0 spiro atoms. The van der Waals surface area contributed by atoms with Gasteiger partial charge in [-0.2, -0.15) is 0 Å². The maximum Gasteiger partial charge on any atom is 0.0546 e. The van der Waals surface area contributed by atoms with Crippen LogP contribution >= 0.6 is 0 Å². The van der Waals surface area contributed by atoms with Crippen molar-refractivity contribution in [2.24, 2.45) is 0 Å². The molecule has 0 saturated heterocycles. The highest BCUT2D eigenvalue weighted by Crippen LogP contribution is 2.54. The van der Waals surface area contributed by atoms with E-state index in [9.17, 15) is 0 Å². The third-order valence-electron chi connectivity index (χ3n) is 11.5. The Bertz CT molecular complexity index is 2850. The summed E-state index contributed by atoms with van der Waals surface area (Å²) in [5.41, 5.74) is 16.0. The fourth-order valence-electron chi connectivity index (χ4n) is 8.90. The molecule has 1 heteroatoms. The first-order valence-corrected chi connectivity index (χ1v) is 18.9. The molecule has 0 bridgehead atoms. The molecule has 0 saturated carbocycles. The highest BCUT2D eigenvalue weighted by molar-refractivity contribution is 6.15. The second-order valence-corrected chi connectivity index (χ2v) is 14.9. The van der Waals surface area contributed by atoms with Gasteiger partial charge in [0.1, 0.15) is 0 Å². The number of hydrogen-bond acceptors (Lipinski definition) is 1. The van der Waals surface area contributed by atoms with Crippen molar-refractivity contribution in [2.75, 3.05) is 4.90 Å². The third-order valence-corrected chi connectivity index (χ3v) is 11.5. The second-order valence-electron chi connectivity index (χ2n) is 14.9. The fraction of sp³-hybridized carbons (Fsp3) is 0.0566. The molecule has 1 aliphatic rings. The first-order valence-electron chi connectivity index (χ1n) is 18.9. The summed E-state index contributed by atoms with van der Waals surface area (Å²) in [6, 6.07) is 73.5. The van der Waals surface area contributed by atoms with Gasteiger partial charge in [-0.1, -0.05) is 190 Å². The van der Waals surface area contributed by atoms with Crippen molar-refractivity contribution < 1.29 is 0 Å². The molecule has 1 nitrogen and oxygen atoms in total. The Morgan fingerprint density at radius 2 is 0.926 bits per heavy atom. The van der Waals surface area contributed by atoms with E-state index in [-0.39, 0.29) is 5.41 Å². The van der Waals surface area contributed by atoms with Crippen molar-refractivity contribution in [1.29, 1.82) is 0 Å². The molecule has 10 rings (SSSR count). The topological polar surface area (TPSA) is 3.24 Å². The summed E-state index contributed by atoms with van der Waals surface area (Å²) in [6.07, 6.45) is 0. The van der Waals surface area contributed by atoms with Crippen LogP contribution in [0.3, 0.4) is 0 Å². The molecule has 0 fully saturated rings. The van der Waals surface area contributed by atoms with Crippen molar-refractivity contribution >= 4 is 38.6 Å². The summed E-state index contributed by atoms with van der Waals surface area (Å²) in [4.78, 5) is 2.51. The lowest BCUT2D eigenvalue weighted by atomic mass is 9.82. The number of anilines is 3. The van der Waals surface area contributed by atoms with Gasteiger partial charge in [0.25, 0.3) is 0 Å². The molecule has 1 aliphatic carbocycles. The molecule has 0 N–H and O–H groups in total. The third kappa shape index (κ3) is 5.08. The van der Waals surface area contributed by atoms with E-state index in [2.05, 4.69) is 219 Å². The van der Waals surface area contributed by atoms with E-state index < -0.39 is 0 Å². The minimum Gasteiger partial charge on any atom is -0.309 e. The molecule has 0 amide bonds. The summed E-state index contributed by atoms with van der Waals surface area (Å²) >= 11 is 0. The summed E-state index contributed by atoms with van der Waals surface area (Å²) in [7, 11) is 0. The smallest absolute Gasteiger partial charge is 0.0546 e.